The van der Waals surface area contributed by atoms with Crippen molar-refractivity contribution in [2.24, 2.45) is 5.92 Å². The van der Waals surface area contributed by atoms with Crippen molar-refractivity contribution in [2.75, 3.05) is 33.7 Å². The van der Waals surface area contributed by atoms with E-state index in [0.717, 1.165) is 6.54 Å². The summed E-state index contributed by atoms with van der Waals surface area (Å²) >= 11 is 0. The number of nitrogens with one attached hydrogen (secondary N) is 1. The second kappa shape index (κ2) is 9.58. The molecule has 0 aliphatic carbocycles. The van der Waals surface area contributed by atoms with Gasteiger partial charge in [-0.3, -0.25) is 4.79 Å². The molecule has 0 saturated carbocycles. The Labute approximate surface area is 122 Å². The van der Waals surface area contributed by atoms with E-state index in [1.54, 1.807) is 4.90 Å². The van der Waals surface area contributed by atoms with E-state index in [4.69, 9.17) is 5.11 Å². The minimum absolute atomic E-state index is 0.0796. The fourth-order valence-corrected chi connectivity index (χ4v) is 2.12. The second-order valence-corrected chi connectivity index (χ2v) is 5.62. The normalized spacial score (nSPS) is 13.9. The Hall–Kier alpha value is -1.30. The summed E-state index contributed by atoms with van der Waals surface area (Å²) in [4.78, 5) is 26.5. The molecule has 2 N–H and O–H groups in total. The smallest absolute Gasteiger partial charge is 0.317 e. The summed E-state index contributed by atoms with van der Waals surface area (Å²) in [6.45, 7) is 7.91. The van der Waals surface area contributed by atoms with Gasteiger partial charge in [-0.05, 0) is 40.3 Å². The van der Waals surface area contributed by atoms with Crippen molar-refractivity contribution in [3.63, 3.8) is 0 Å². The van der Waals surface area contributed by atoms with Crippen LogP contribution < -0.4 is 5.32 Å². The molecular weight excluding hydrogens is 258 g/mol. The predicted octanol–water partition coefficient (Wildman–Crippen LogP) is 1.47. The molecule has 0 bridgehead atoms. The number of carboxylic acids is 1. The summed E-state index contributed by atoms with van der Waals surface area (Å²) in [5.74, 6) is -0.629. The average molecular weight is 287 g/mol. The Kier molecular flexibility index (Phi) is 8.96. The maximum absolute atomic E-state index is 12.1. The first-order valence-corrected chi connectivity index (χ1v) is 7.18. The highest BCUT2D eigenvalue weighted by atomic mass is 16.4. The molecule has 0 aromatic carbocycles. The first-order valence-electron chi connectivity index (χ1n) is 7.18. The van der Waals surface area contributed by atoms with Crippen molar-refractivity contribution in [1.29, 1.82) is 0 Å². The van der Waals surface area contributed by atoms with Crippen LogP contribution in [0.25, 0.3) is 0 Å². The van der Waals surface area contributed by atoms with Gasteiger partial charge in [0.15, 0.2) is 0 Å². The SMILES string of the molecule is CCN(C(=O)NCC(C)CCC(=O)O)C(C)CN(C)C. The van der Waals surface area contributed by atoms with Crippen LogP contribution >= 0.6 is 0 Å². The van der Waals surface area contributed by atoms with Gasteiger partial charge in [0.1, 0.15) is 0 Å². The Morgan fingerprint density at radius 2 is 1.85 bits per heavy atom. The number of carbonyl (C=O) groups is 2. The van der Waals surface area contributed by atoms with Crippen LogP contribution in [0.2, 0.25) is 0 Å². The summed E-state index contributed by atoms with van der Waals surface area (Å²) in [7, 11) is 3.96. The highest BCUT2D eigenvalue weighted by Crippen LogP contribution is 2.05. The van der Waals surface area contributed by atoms with Gasteiger partial charge in [0.05, 0.1) is 0 Å². The number of amides is 2. The lowest BCUT2D eigenvalue weighted by atomic mass is 10.1. The maximum atomic E-state index is 12.1. The molecule has 2 amide bonds. The van der Waals surface area contributed by atoms with E-state index >= 15 is 0 Å². The summed E-state index contributed by atoms with van der Waals surface area (Å²) in [5.41, 5.74) is 0. The molecule has 6 nitrogen and oxygen atoms in total. The van der Waals surface area contributed by atoms with Crippen molar-refractivity contribution in [1.82, 2.24) is 15.1 Å². The lowest BCUT2D eigenvalue weighted by Crippen LogP contribution is -2.49. The van der Waals surface area contributed by atoms with E-state index in [-0.39, 0.29) is 24.4 Å². The predicted molar refractivity (Wildman–Crippen MR) is 79.8 cm³/mol. The number of aliphatic carboxylic acids is 1. The van der Waals surface area contributed by atoms with Crippen LogP contribution in [-0.2, 0) is 4.79 Å². The van der Waals surface area contributed by atoms with Gasteiger partial charge < -0.3 is 20.2 Å². The molecule has 2 unspecified atom stereocenters. The first kappa shape index (κ1) is 18.7. The van der Waals surface area contributed by atoms with Gasteiger partial charge in [-0.1, -0.05) is 6.92 Å². The van der Waals surface area contributed by atoms with Crippen LogP contribution in [0.1, 0.15) is 33.6 Å². The minimum atomic E-state index is -0.794. The van der Waals surface area contributed by atoms with E-state index in [2.05, 4.69) is 10.2 Å². The quantitative estimate of drug-likeness (QED) is 0.673. The van der Waals surface area contributed by atoms with Crippen molar-refractivity contribution >= 4 is 12.0 Å². The molecule has 0 heterocycles. The number of urea groups is 1. The highest BCUT2D eigenvalue weighted by Gasteiger charge is 2.19. The highest BCUT2D eigenvalue weighted by molar-refractivity contribution is 5.74. The third-order valence-corrected chi connectivity index (χ3v) is 3.22. The Bertz CT molecular complexity index is 308. The summed E-state index contributed by atoms with van der Waals surface area (Å²) < 4.78 is 0. The van der Waals surface area contributed by atoms with Crippen LogP contribution in [0.15, 0.2) is 0 Å². The van der Waals surface area contributed by atoms with Crippen molar-refractivity contribution < 1.29 is 14.7 Å². The van der Waals surface area contributed by atoms with Gasteiger partial charge in [-0.15, -0.1) is 0 Å². The zero-order valence-corrected chi connectivity index (χ0v) is 13.3. The fourth-order valence-electron chi connectivity index (χ4n) is 2.12. The van der Waals surface area contributed by atoms with Gasteiger partial charge in [0.25, 0.3) is 0 Å². The molecule has 20 heavy (non-hydrogen) atoms. The molecule has 0 rings (SSSR count). The van der Waals surface area contributed by atoms with E-state index in [1.807, 2.05) is 34.9 Å². The van der Waals surface area contributed by atoms with E-state index in [1.165, 1.54) is 0 Å². The van der Waals surface area contributed by atoms with Crippen LogP contribution in [0.3, 0.4) is 0 Å². The number of hydrogen-bond acceptors (Lipinski definition) is 3. The number of rotatable bonds is 9. The average Bonchev–Trinajstić information content (AvgIpc) is 2.33. The molecule has 0 aliphatic heterocycles. The molecule has 0 saturated heterocycles. The second-order valence-electron chi connectivity index (χ2n) is 5.62. The number of carbonyl (C=O) groups excluding carboxylic acids is 1. The summed E-state index contributed by atoms with van der Waals surface area (Å²) in [6, 6.07) is 0.0633. The lowest BCUT2D eigenvalue weighted by molar-refractivity contribution is -0.137. The van der Waals surface area contributed by atoms with E-state index in [9.17, 15) is 9.59 Å². The molecular formula is C14H29N3O3. The number of nitrogens with zero attached hydrogens (tertiary/aromatic N) is 2. The Morgan fingerprint density at radius 3 is 2.30 bits per heavy atom. The Morgan fingerprint density at radius 1 is 1.25 bits per heavy atom. The molecule has 2 atom stereocenters. The minimum Gasteiger partial charge on any atom is -0.481 e. The number of hydrogen-bond donors (Lipinski definition) is 2. The van der Waals surface area contributed by atoms with Crippen LogP contribution in [0.5, 0.6) is 0 Å². The van der Waals surface area contributed by atoms with Gasteiger partial charge in [0.2, 0.25) is 0 Å². The number of carboxylic acid groups (broad SMARTS) is 1. The molecule has 118 valence electrons. The van der Waals surface area contributed by atoms with Gasteiger partial charge >= 0.3 is 12.0 Å². The van der Waals surface area contributed by atoms with Crippen molar-refractivity contribution in [2.45, 2.75) is 39.7 Å². The summed E-state index contributed by atoms with van der Waals surface area (Å²) in [5, 5.41) is 11.5. The summed E-state index contributed by atoms with van der Waals surface area (Å²) in [6.07, 6.45) is 0.723. The molecule has 6 heteroatoms. The standard InChI is InChI=1S/C14H29N3O3/c1-6-17(12(3)10-16(4)5)14(20)15-9-11(2)7-8-13(18)19/h11-12H,6-10H2,1-5H3,(H,15,20)(H,18,19). The molecule has 0 aromatic rings. The zero-order valence-electron chi connectivity index (χ0n) is 13.3. The molecule has 0 aromatic heterocycles. The molecule has 0 fully saturated rings. The van der Waals surface area contributed by atoms with Crippen molar-refractivity contribution in [3.05, 3.63) is 0 Å². The maximum Gasteiger partial charge on any atom is 0.317 e. The lowest BCUT2D eigenvalue weighted by Gasteiger charge is -2.30. The fraction of sp³-hybridized carbons (Fsp3) is 0.857. The van der Waals surface area contributed by atoms with Gasteiger partial charge in [-0.25, -0.2) is 4.79 Å². The molecule has 0 radical (unpaired) electrons. The van der Waals surface area contributed by atoms with Crippen LogP contribution in [0.4, 0.5) is 4.79 Å². The molecule has 0 aliphatic rings. The largest absolute Gasteiger partial charge is 0.481 e. The van der Waals surface area contributed by atoms with E-state index < -0.39 is 5.97 Å². The third-order valence-electron chi connectivity index (χ3n) is 3.22. The van der Waals surface area contributed by atoms with E-state index in [0.29, 0.717) is 19.5 Å². The molecule has 0 spiro atoms. The zero-order chi connectivity index (χ0) is 15.7. The number of likely N-dealkylation sites (N-methyl/N-ethyl adjacent to an activating group) is 2. The topological polar surface area (TPSA) is 72.9 Å². The third kappa shape index (κ3) is 7.99. The van der Waals surface area contributed by atoms with Crippen molar-refractivity contribution in [3.8, 4) is 0 Å². The van der Waals surface area contributed by atoms with Gasteiger partial charge in [-0.2, -0.15) is 0 Å². The van der Waals surface area contributed by atoms with Crippen LogP contribution in [0, 0.1) is 5.92 Å². The monoisotopic (exact) mass is 287 g/mol. The Balaban J connectivity index is 4.18. The first-order chi connectivity index (χ1) is 9.27. The van der Waals surface area contributed by atoms with Crippen LogP contribution in [-0.4, -0.2) is 66.7 Å². The van der Waals surface area contributed by atoms with Gasteiger partial charge in [0, 0.05) is 32.1 Å².